The maximum absolute atomic E-state index is 6.26. The van der Waals surface area contributed by atoms with E-state index in [9.17, 15) is 0 Å². The Labute approximate surface area is 142 Å². The van der Waals surface area contributed by atoms with E-state index in [2.05, 4.69) is 56.5 Å². The SMILES string of the molecule is CC(C)(C)c1cc(N)c(-c2nc3cc(C(C)(C)C)ncc3[nH]2)cn1. The lowest BCUT2D eigenvalue weighted by atomic mass is 9.91. The van der Waals surface area contributed by atoms with Gasteiger partial charge in [0.05, 0.1) is 22.8 Å². The van der Waals surface area contributed by atoms with Crippen LogP contribution in [0.5, 0.6) is 0 Å². The molecule has 0 aliphatic rings. The first-order valence-electron chi connectivity index (χ1n) is 8.18. The second-order valence-corrected chi connectivity index (χ2v) is 8.33. The number of imidazole rings is 1. The van der Waals surface area contributed by atoms with Gasteiger partial charge in [0.15, 0.2) is 0 Å². The topological polar surface area (TPSA) is 80.5 Å². The molecular weight excluding hydrogens is 298 g/mol. The molecule has 0 aliphatic carbocycles. The number of aromatic amines is 1. The van der Waals surface area contributed by atoms with E-state index in [1.54, 1.807) is 6.20 Å². The summed E-state index contributed by atoms with van der Waals surface area (Å²) in [5.74, 6) is 0.725. The summed E-state index contributed by atoms with van der Waals surface area (Å²) in [6.45, 7) is 12.8. The van der Waals surface area contributed by atoms with Gasteiger partial charge in [-0.15, -0.1) is 0 Å². The Balaban J connectivity index is 2.07. The Hall–Kier alpha value is -2.43. The molecule has 3 N–H and O–H groups in total. The summed E-state index contributed by atoms with van der Waals surface area (Å²) in [5, 5.41) is 0. The van der Waals surface area contributed by atoms with Crippen LogP contribution in [0, 0.1) is 0 Å². The van der Waals surface area contributed by atoms with E-state index in [1.807, 2.05) is 18.3 Å². The van der Waals surface area contributed by atoms with Crippen molar-refractivity contribution >= 4 is 16.7 Å². The quantitative estimate of drug-likeness (QED) is 0.703. The van der Waals surface area contributed by atoms with Crippen molar-refractivity contribution in [2.75, 3.05) is 5.73 Å². The monoisotopic (exact) mass is 323 g/mol. The summed E-state index contributed by atoms with van der Waals surface area (Å²) >= 11 is 0. The van der Waals surface area contributed by atoms with E-state index in [4.69, 9.17) is 10.7 Å². The van der Waals surface area contributed by atoms with Gasteiger partial charge in [0.1, 0.15) is 5.82 Å². The highest BCUT2D eigenvalue weighted by Gasteiger charge is 2.19. The molecule has 0 atom stereocenters. The Morgan fingerprint density at radius 1 is 0.875 bits per heavy atom. The van der Waals surface area contributed by atoms with Gasteiger partial charge < -0.3 is 10.7 Å². The normalized spacial score (nSPS) is 12.8. The van der Waals surface area contributed by atoms with E-state index < -0.39 is 0 Å². The van der Waals surface area contributed by atoms with Crippen LogP contribution in [-0.4, -0.2) is 19.9 Å². The van der Waals surface area contributed by atoms with E-state index >= 15 is 0 Å². The summed E-state index contributed by atoms with van der Waals surface area (Å²) in [6.07, 6.45) is 3.63. The minimum atomic E-state index is -0.0357. The molecule has 0 saturated heterocycles. The zero-order valence-corrected chi connectivity index (χ0v) is 15.2. The molecule has 5 nitrogen and oxygen atoms in total. The van der Waals surface area contributed by atoms with Gasteiger partial charge in [-0.05, 0) is 12.1 Å². The van der Waals surface area contributed by atoms with Crippen LogP contribution in [0.4, 0.5) is 5.69 Å². The van der Waals surface area contributed by atoms with Gasteiger partial charge in [-0.2, -0.15) is 0 Å². The van der Waals surface area contributed by atoms with Crippen molar-refractivity contribution in [2.45, 2.75) is 52.4 Å². The number of fused-ring (bicyclic) bond motifs is 1. The molecular formula is C19H25N5. The van der Waals surface area contributed by atoms with Gasteiger partial charge in [0.25, 0.3) is 0 Å². The number of nitrogens with two attached hydrogens (primary N) is 1. The highest BCUT2D eigenvalue weighted by molar-refractivity contribution is 5.82. The fraction of sp³-hybridized carbons (Fsp3) is 0.421. The van der Waals surface area contributed by atoms with Crippen LogP contribution in [-0.2, 0) is 10.8 Å². The molecule has 0 radical (unpaired) electrons. The number of aromatic nitrogens is 4. The summed E-state index contributed by atoms with van der Waals surface area (Å²) in [7, 11) is 0. The Kier molecular flexibility index (Phi) is 3.62. The molecule has 5 heteroatoms. The average Bonchev–Trinajstić information content (AvgIpc) is 2.87. The fourth-order valence-electron chi connectivity index (χ4n) is 2.53. The van der Waals surface area contributed by atoms with Gasteiger partial charge >= 0.3 is 0 Å². The number of pyridine rings is 2. The zero-order valence-electron chi connectivity index (χ0n) is 15.2. The molecule has 0 spiro atoms. The number of nitrogens with zero attached hydrogens (tertiary/aromatic N) is 3. The van der Waals surface area contributed by atoms with Gasteiger partial charge in [-0.3, -0.25) is 9.97 Å². The van der Waals surface area contributed by atoms with Crippen LogP contribution in [0.1, 0.15) is 52.9 Å². The van der Waals surface area contributed by atoms with Gasteiger partial charge in [0, 0.05) is 34.1 Å². The summed E-state index contributed by atoms with van der Waals surface area (Å²) in [6, 6.07) is 3.96. The van der Waals surface area contributed by atoms with Gasteiger partial charge in [-0.25, -0.2) is 4.98 Å². The largest absolute Gasteiger partial charge is 0.398 e. The van der Waals surface area contributed by atoms with Crippen molar-refractivity contribution < 1.29 is 0 Å². The first-order chi connectivity index (χ1) is 11.1. The highest BCUT2D eigenvalue weighted by Crippen LogP contribution is 2.30. The van der Waals surface area contributed by atoms with Crippen molar-refractivity contribution in [2.24, 2.45) is 0 Å². The van der Waals surface area contributed by atoms with Crippen molar-refractivity contribution in [1.82, 2.24) is 19.9 Å². The van der Waals surface area contributed by atoms with Gasteiger partial charge in [-0.1, -0.05) is 41.5 Å². The number of nitrogen functional groups attached to an aromatic ring is 1. The van der Waals surface area contributed by atoms with Crippen molar-refractivity contribution in [1.29, 1.82) is 0 Å². The van der Waals surface area contributed by atoms with E-state index in [1.165, 1.54) is 0 Å². The van der Waals surface area contributed by atoms with Crippen molar-refractivity contribution in [3.05, 3.63) is 35.9 Å². The van der Waals surface area contributed by atoms with Crippen LogP contribution >= 0.6 is 0 Å². The van der Waals surface area contributed by atoms with E-state index in [-0.39, 0.29) is 10.8 Å². The van der Waals surface area contributed by atoms with Crippen molar-refractivity contribution in [3.8, 4) is 11.4 Å². The lowest BCUT2D eigenvalue weighted by Gasteiger charge is -2.18. The Morgan fingerprint density at radius 2 is 1.46 bits per heavy atom. The Morgan fingerprint density at radius 3 is 2.04 bits per heavy atom. The molecule has 126 valence electrons. The summed E-state index contributed by atoms with van der Waals surface area (Å²) in [4.78, 5) is 17.1. The predicted octanol–water partition coefficient (Wildman–Crippen LogP) is 4.20. The highest BCUT2D eigenvalue weighted by atomic mass is 14.9. The third-order valence-electron chi connectivity index (χ3n) is 4.10. The molecule has 0 aromatic carbocycles. The molecule has 0 saturated carbocycles. The molecule has 3 aromatic heterocycles. The predicted molar refractivity (Wildman–Crippen MR) is 98.9 cm³/mol. The number of hydrogen-bond acceptors (Lipinski definition) is 4. The van der Waals surface area contributed by atoms with E-state index in [0.29, 0.717) is 5.69 Å². The summed E-state index contributed by atoms with van der Waals surface area (Å²) < 4.78 is 0. The molecule has 3 aromatic rings. The molecule has 0 bridgehead atoms. The third kappa shape index (κ3) is 2.98. The smallest absolute Gasteiger partial charge is 0.142 e. The number of H-pyrrole nitrogens is 1. The standard InChI is InChI=1S/C19H25N5/c1-18(2,3)15-7-12(20)11(9-21-15)17-23-13-8-16(19(4,5)6)22-10-14(13)24-17/h7-10H,1-6H3,(H2,20,21)(H,23,24). The van der Waals surface area contributed by atoms with Crippen LogP contribution in [0.2, 0.25) is 0 Å². The average molecular weight is 323 g/mol. The van der Waals surface area contributed by atoms with Crippen molar-refractivity contribution in [3.63, 3.8) is 0 Å². The maximum atomic E-state index is 6.26. The maximum Gasteiger partial charge on any atom is 0.142 e. The minimum Gasteiger partial charge on any atom is -0.398 e. The lowest BCUT2D eigenvalue weighted by molar-refractivity contribution is 0.569. The molecule has 0 amide bonds. The first-order valence-corrected chi connectivity index (χ1v) is 8.18. The van der Waals surface area contributed by atoms with Crippen LogP contribution in [0.25, 0.3) is 22.4 Å². The molecule has 0 unspecified atom stereocenters. The second-order valence-electron chi connectivity index (χ2n) is 8.33. The molecule has 3 rings (SSSR count). The van der Waals surface area contributed by atoms with E-state index in [0.717, 1.165) is 33.8 Å². The van der Waals surface area contributed by atoms with Crippen LogP contribution < -0.4 is 5.73 Å². The van der Waals surface area contributed by atoms with Crippen LogP contribution in [0.15, 0.2) is 24.5 Å². The second kappa shape index (κ2) is 5.30. The third-order valence-corrected chi connectivity index (χ3v) is 4.10. The van der Waals surface area contributed by atoms with Gasteiger partial charge in [0.2, 0.25) is 0 Å². The fourth-order valence-corrected chi connectivity index (χ4v) is 2.53. The first kappa shape index (κ1) is 16.4. The number of rotatable bonds is 1. The van der Waals surface area contributed by atoms with Crippen LogP contribution in [0.3, 0.4) is 0 Å². The molecule has 3 heterocycles. The molecule has 24 heavy (non-hydrogen) atoms. The molecule has 0 fully saturated rings. The Bertz CT molecular complexity index is 894. The summed E-state index contributed by atoms with van der Waals surface area (Å²) in [5.41, 5.74) is 11.5. The number of hydrogen-bond donors (Lipinski definition) is 2. The lowest BCUT2D eigenvalue weighted by Crippen LogP contribution is -2.14. The zero-order chi connectivity index (χ0) is 17.7. The minimum absolute atomic E-state index is 0.0117. The number of anilines is 1. The number of nitrogens with one attached hydrogen (secondary N) is 1. The molecule has 0 aliphatic heterocycles.